The van der Waals surface area contributed by atoms with Gasteiger partial charge in [-0.3, -0.25) is 14.5 Å². The van der Waals surface area contributed by atoms with Crippen LogP contribution >= 0.6 is 0 Å². The van der Waals surface area contributed by atoms with Gasteiger partial charge < -0.3 is 10.3 Å². The lowest BCUT2D eigenvalue weighted by Crippen LogP contribution is -2.46. The Balaban J connectivity index is 1.44. The van der Waals surface area contributed by atoms with Crippen LogP contribution in [0.2, 0.25) is 0 Å². The summed E-state index contributed by atoms with van der Waals surface area (Å²) in [5.74, 6) is -0.308. The van der Waals surface area contributed by atoms with Crippen LogP contribution in [0.1, 0.15) is 35.2 Å². The molecule has 1 unspecified atom stereocenters. The topological polar surface area (TPSA) is 65.2 Å². The average molecular weight is 375 g/mol. The number of H-pyrrole nitrogens is 1. The maximum Gasteiger partial charge on any atom is 0.261 e. The molecule has 0 aliphatic carbocycles. The molecule has 0 radical (unpaired) electrons. The molecule has 1 amide bonds. The van der Waals surface area contributed by atoms with E-state index in [0.29, 0.717) is 6.54 Å². The number of fused-ring (bicyclic) bond motifs is 1. The van der Waals surface area contributed by atoms with Gasteiger partial charge in [-0.1, -0.05) is 55.0 Å². The largest absolute Gasteiger partial charge is 0.350 e. The van der Waals surface area contributed by atoms with Gasteiger partial charge in [0.1, 0.15) is 5.56 Å². The van der Waals surface area contributed by atoms with Crippen molar-refractivity contribution in [3.05, 3.63) is 82.1 Å². The molecule has 144 valence electrons. The Morgan fingerprint density at radius 2 is 1.86 bits per heavy atom. The molecule has 1 aromatic heterocycles. The number of pyridine rings is 1. The number of carbonyl (C=O) groups excluding carboxylic acids is 1. The lowest BCUT2D eigenvalue weighted by Gasteiger charge is -2.35. The first-order valence-corrected chi connectivity index (χ1v) is 9.89. The molecule has 5 nitrogen and oxygen atoms in total. The van der Waals surface area contributed by atoms with Crippen LogP contribution in [0.4, 0.5) is 0 Å². The predicted molar refractivity (Wildman–Crippen MR) is 111 cm³/mol. The summed E-state index contributed by atoms with van der Waals surface area (Å²) in [6, 6.07) is 19.9. The summed E-state index contributed by atoms with van der Waals surface area (Å²) >= 11 is 0. The Morgan fingerprint density at radius 1 is 1.07 bits per heavy atom. The summed E-state index contributed by atoms with van der Waals surface area (Å²) in [6.07, 6.45) is 3.41. The third-order valence-electron chi connectivity index (χ3n) is 5.47. The number of nitrogens with zero attached hydrogens (tertiary/aromatic N) is 1. The van der Waals surface area contributed by atoms with E-state index in [1.807, 2.05) is 30.3 Å². The summed E-state index contributed by atoms with van der Waals surface area (Å²) < 4.78 is 0. The summed E-state index contributed by atoms with van der Waals surface area (Å²) in [7, 11) is 0. The van der Waals surface area contributed by atoms with Crippen molar-refractivity contribution in [2.45, 2.75) is 31.8 Å². The Labute approximate surface area is 164 Å². The maximum atomic E-state index is 12.7. The average Bonchev–Trinajstić information content (AvgIpc) is 2.73. The smallest absolute Gasteiger partial charge is 0.261 e. The van der Waals surface area contributed by atoms with Crippen molar-refractivity contribution in [2.75, 3.05) is 13.1 Å². The molecule has 2 N–H and O–H groups in total. The highest BCUT2D eigenvalue weighted by molar-refractivity contribution is 5.97. The van der Waals surface area contributed by atoms with Crippen LogP contribution in [0.3, 0.4) is 0 Å². The molecular weight excluding hydrogens is 350 g/mol. The standard InChI is InChI=1S/C23H25N3O2/c27-22(20-14-18-10-4-5-12-21(18)25-23(20)28)24-15-19-11-6-7-13-26(19)16-17-8-2-1-3-9-17/h1-5,8-10,12,14,19H,6-7,11,13,15-16H2,(H,24,27)(H,25,28). The van der Waals surface area contributed by atoms with Gasteiger partial charge in [-0.25, -0.2) is 0 Å². The normalized spacial score (nSPS) is 17.5. The fraction of sp³-hybridized carbons (Fsp3) is 0.304. The number of benzene rings is 2. The van der Waals surface area contributed by atoms with Crippen molar-refractivity contribution in [3.63, 3.8) is 0 Å². The molecule has 1 fully saturated rings. The number of para-hydroxylation sites is 1. The summed E-state index contributed by atoms with van der Waals surface area (Å²) in [4.78, 5) is 30.2. The Kier molecular flexibility index (Phi) is 5.53. The highest BCUT2D eigenvalue weighted by Crippen LogP contribution is 2.19. The van der Waals surface area contributed by atoms with E-state index in [1.54, 1.807) is 6.07 Å². The predicted octanol–water partition coefficient (Wildman–Crippen LogP) is 3.31. The number of amides is 1. The molecule has 5 heteroatoms. The van der Waals surface area contributed by atoms with Crippen LogP contribution in [0, 0.1) is 0 Å². The minimum atomic E-state index is -0.346. The van der Waals surface area contributed by atoms with E-state index in [9.17, 15) is 9.59 Å². The highest BCUT2D eigenvalue weighted by atomic mass is 16.2. The number of nitrogens with one attached hydrogen (secondary N) is 2. The fourth-order valence-electron chi connectivity index (χ4n) is 3.94. The Morgan fingerprint density at radius 3 is 2.71 bits per heavy atom. The van der Waals surface area contributed by atoms with Gasteiger partial charge >= 0.3 is 0 Å². The first kappa shape index (κ1) is 18.4. The van der Waals surface area contributed by atoms with Crippen LogP contribution in [-0.4, -0.2) is 34.9 Å². The van der Waals surface area contributed by atoms with E-state index < -0.39 is 0 Å². The van der Waals surface area contributed by atoms with Crippen LogP contribution < -0.4 is 10.9 Å². The summed E-state index contributed by atoms with van der Waals surface area (Å²) in [6.45, 7) is 2.47. The molecule has 1 saturated heterocycles. The molecule has 2 heterocycles. The Bertz CT molecular complexity index is 1010. The zero-order valence-electron chi connectivity index (χ0n) is 15.9. The molecule has 2 aromatic carbocycles. The Hall–Kier alpha value is -2.92. The zero-order chi connectivity index (χ0) is 19.3. The van der Waals surface area contributed by atoms with E-state index in [0.717, 1.165) is 30.4 Å². The summed E-state index contributed by atoms with van der Waals surface area (Å²) in [5, 5.41) is 3.85. The van der Waals surface area contributed by atoms with Crippen molar-refractivity contribution in [1.82, 2.24) is 15.2 Å². The van der Waals surface area contributed by atoms with E-state index in [2.05, 4.69) is 39.5 Å². The van der Waals surface area contributed by atoms with Gasteiger partial charge in [0.2, 0.25) is 0 Å². The van der Waals surface area contributed by atoms with Gasteiger partial charge in [-0.05, 0) is 42.5 Å². The van der Waals surface area contributed by atoms with Gasteiger partial charge in [-0.15, -0.1) is 0 Å². The molecule has 1 aliphatic heterocycles. The SMILES string of the molecule is O=C(NCC1CCCCN1Cc1ccccc1)c1cc2ccccc2[nH]c1=O. The second kappa shape index (κ2) is 8.40. The van der Waals surface area contributed by atoms with Crippen LogP contribution in [0.15, 0.2) is 65.5 Å². The number of hydrogen-bond donors (Lipinski definition) is 2. The lowest BCUT2D eigenvalue weighted by molar-refractivity contribution is 0.0906. The van der Waals surface area contributed by atoms with E-state index >= 15 is 0 Å². The third kappa shape index (κ3) is 4.15. The molecule has 1 atom stereocenters. The maximum absolute atomic E-state index is 12.7. The fourth-order valence-corrected chi connectivity index (χ4v) is 3.94. The van der Waals surface area contributed by atoms with E-state index in [-0.39, 0.29) is 23.1 Å². The molecule has 0 bridgehead atoms. The summed E-state index contributed by atoms with van der Waals surface area (Å²) in [5.41, 5.74) is 1.85. The second-order valence-corrected chi connectivity index (χ2v) is 7.42. The molecule has 0 spiro atoms. The lowest BCUT2D eigenvalue weighted by atomic mass is 10.0. The van der Waals surface area contributed by atoms with Crippen molar-refractivity contribution in [3.8, 4) is 0 Å². The second-order valence-electron chi connectivity index (χ2n) is 7.42. The van der Waals surface area contributed by atoms with E-state index in [4.69, 9.17) is 0 Å². The molecule has 3 aromatic rings. The first-order chi connectivity index (χ1) is 13.7. The van der Waals surface area contributed by atoms with Gasteiger partial charge in [0.15, 0.2) is 0 Å². The van der Waals surface area contributed by atoms with Gasteiger partial charge in [-0.2, -0.15) is 0 Å². The molecular formula is C23H25N3O2. The quantitative estimate of drug-likeness (QED) is 0.719. The van der Waals surface area contributed by atoms with Crippen LogP contribution in [-0.2, 0) is 6.54 Å². The molecule has 4 rings (SSSR count). The van der Waals surface area contributed by atoms with Gasteiger partial charge in [0.05, 0.1) is 0 Å². The van der Waals surface area contributed by atoms with Crippen molar-refractivity contribution in [2.24, 2.45) is 0 Å². The number of carbonyl (C=O) groups is 1. The minimum Gasteiger partial charge on any atom is -0.350 e. The minimum absolute atomic E-state index is 0.170. The van der Waals surface area contributed by atoms with Gasteiger partial charge in [0.25, 0.3) is 11.5 Å². The van der Waals surface area contributed by atoms with Crippen LogP contribution in [0.25, 0.3) is 10.9 Å². The van der Waals surface area contributed by atoms with E-state index in [1.165, 1.54) is 18.4 Å². The first-order valence-electron chi connectivity index (χ1n) is 9.89. The highest BCUT2D eigenvalue weighted by Gasteiger charge is 2.23. The number of likely N-dealkylation sites (tertiary alicyclic amines) is 1. The number of aromatic nitrogens is 1. The van der Waals surface area contributed by atoms with Gasteiger partial charge in [0, 0.05) is 24.6 Å². The van der Waals surface area contributed by atoms with Crippen molar-refractivity contribution < 1.29 is 4.79 Å². The number of rotatable bonds is 5. The monoisotopic (exact) mass is 375 g/mol. The van der Waals surface area contributed by atoms with Crippen molar-refractivity contribution >= 4 is 16.8 Å². The zero-order valence-corrected chi connectivity index (χ0v) is 15.9. The molecule has 1 aliphatic rings. The van der Waals surface area contributed by atoms with Crippen LogP contribution in [0.5, 0.6) is 0 Å². The number of aromatic amines is 1. The number of piperidine rings is 1. The van der Waals surface area contributed by atoms with Crippen molar-refractivity contribution in [1.29, 1.82) is 0 Å². The molecule has 0 saturated carbocycles. The molecule has 28 heavy (non-hydrogen) atoms. The number of hydrogen-bond acceptors (Lipinski definition) is 3. The third-order valence-corrected chi connectivity index (χ3v) is 5.47.